The monoisotopic (exact) mass is 372 g/mol. The van der Waals surface area contributed by atoms with E-state index >= 15 is 0 Å². The molecule has 0 fully saturated rings. The van der Waals surface area contributed by atoms with Crippen molar-refractivity contribution in [3.8, 4) is 0 Å². The summed E-state index contributed by atoms with van der Waals surface area (Å²) in [5.41, 5.74) is 2.80. The number of rotatable bonds is 6. The molecule has 0 spiro atoms. The minimum Gasteiger partial charge on any atom is -0.355 e. The van der Waals surface area contributed by atoms with Crippen LogP contribution in [-0.4, -0.2) is 18.4 Å². The van der Waals surface area contributed by atoms with Gasteiger partial charge in [-0.15, -0.1) is 0 Å². The minimum absolute atomic E-state index is 0.305. The molecule has 0 radical (unpaired) electrons. The third-order valence-corrected chi connectivity index (χ3v) is 4.72. The van der Waals surface area contributed by atoms with E-state index in [0.29, 0.717) is 23.7 Å². The molecule has 0 saturated heterocycles. The normalized spacial score (nSPS) is 11.1. The van der Waals surface area contributed by atoms with Gasteiger partial charge in [0, 0.05) is 17.3 Å². The highest BCUT2D eigenvalue weighted by Crippen LogP contribution is 2.21. The molecule has 0 heterocycles. The average Bonchev–Trinajstić information content (AvgIpc) is 2.58. The lowest BCUT2D eigenvalue weighted by Crippen LogP contribution is -2.45. The Morgan fingerprint density at radius 2 is 1.73 bits per heavy atom. The first kappa shape index (κ1) is 20.0. The standard InChI is InChI=1S/C21H25ClN2O2/c1-14-8-9-18(12-15(14)2)24-20(26)21(3,4)19(25)23-11-10-16-6-5-7-17(22)13-16/h5-9,12-13H,10-11H2,1-4H3,(H,23,25)(H,24,26). The third kappa shape index (κ3) is 5.09. The Morgan fingerprint density at radius 1 is 1.00 bits per heavy atom. The van der Waals surface area contributed by atoms with Gasteiger partial charge >= 0.3 is 0 Å². The van der Waals surface area contributed by atoms with Crippen LogP contribution in [0.5, 0.6) is 0 Å². The maximum Gasteiger partial charge on any atom is 0.239 e. The topological polar surface area (TPSA) is 58.2 Å². The average molecular weight is 373 g/mol. The van der Waals surface area contributed by atoms with Gasteiger partial charge in [0.05, 0.1) is 0 Å². The largest absolute Gasteiger partial charge is 0.355 e. The maximum atomic E-state index is 12.6. The Labute approximate surface area is 159 Å². The van der Waals surface area contributed by atoms with Crippen LogP contribution < -0.4 is 10.6 Å². The quantitative estimate of drug-likeness (QED) is 0.743. The summed E-state index contributed by atoms with van der Waals surface area (Å²) in [6.45, 7) is 7.69. The zero-order valence-electron chi connectivity index (χ0n) is 15.7. The smallest absolute Gasteiger partial charge is 0.239 e. The zero-order chi connectivity index (χ0) is 19.3. The molecule has 4 nitrogen and oxygen atoms in total. The number of benzene rings is 2. The van der Waals surface area contributed by atoms with Crippen LogP contribution in [0.2, 0.25) is 5.02 Å². The van der Waals surface area contributed by atoms with Crippen molar-refractivity contribution in [1.29, 1.82) is 0 Å². The predicted molar refractivity (Wildman–Crippen MR) is 106 cm³/mol. The molecular formula is C21H25ClN2O2. The van der Waals surface area contributed by atoms with E-state index in [-0.39, 0.29) is 11.8 Å². The summed E-state index contributed by atoms with van der Waals surface area (Å²) in [5, 5.41) is 6.33. The summed E-state index contributed by atoms with van der Waals surface area (Å²) in [5.74, 6) is -0.637. The van der Waals surface area contributed by atoms with Gasteiger partial charge in [-0.3, -0.25) is 9.59 Å². The lowest BCUT2D eigenvalue weighted by Gasteiger charge is -2.23. The van der Waals surface area contributed by atoms with Crippen LogP contribution in [-0.2, 0) is 16.0 Å². The molecule has 26 heavy (non-hydrogen) atoms. The second-order valence-electron chi connectivity index (χ2n) is 7.01. The molecule has 0 bridgehead atoms. The zero-order valence-corrected chi connectivity index (χ0v) is 16.4. The third-order valence-electron chi connectivity index (χ3n) is 4.49. The molecule has 5 heteroatoms. The minimum atomic E-state index is -1.17. The molecule has 0 aliphatic heterocycles. The second-order valence-corrected chi connectivity index (χ2v) is 7.45. The first-order valence-electron chi connectivity index (χ1n) is 8.61. The molecule has 2 rings (SSSR count). The van der Waals surface area contributed by atoms with Gasteiger partial charge in [-0.1, -0.05) is 29.8 Å². The first-order chi connectivity index (χ1) is 12.2. The highest BCUT2D eigenvalue weighted by Gasteiger charge is 2.35. The fourth-order valence-electron chi connectivity index (χ4n) is 2.44. The predicted octanol–water partition coefficient (Wildman–Crippen LogP) is 4.28. The fourth-order valence-corrected chi connectivity index (χ4v) is 2.66. The van der Waals surface area contributed by atoms with Gasteiger partial charge in [-0.25, -0.2) is 0 Å². The Hall–Kier alpha value is -2.33. The lowest BCUT2D eigenvalue weighted by molar-refractivity contribution is -0.138. The van der Waals surface area contributed by atoms with Gasteiger partial charge < -0.3 is 10.6 Å². The number of carbonyl (C=O) groups is 2. The van der Waals surface area contributed by atoms with E-state index in [1.54, 1.807) is 13.8 Å². The van der Waals surface area contributed by atoms with Crippen LogP contribution in [0.25, 0.3) is 0 Å². The summed E-state index contributed by atoms with van der Waals surface area (Å²) in [7, 11) is 0. The molecule has 0 aliphatic carbocycles. The Morgan fingerprint density at radius 3 is 2.38 bits per heavy atom. The van der Waals surface area contributed by atoms with Crippen molar-refractivity contribution in [3.05, 3.63) is 64.2 Å². The molecule has 2 amide bonds. The van der Waals surface area contributed by atoms with Crippen molar-refractivity contribution in [2.24, 2.45) is 5.41 Å². The van der Waals surface area contributed by atoms with E-state index in [1.807, 2.05) is 56.3 Å². The van der Waals surface area contributed by atoms with Crippen LogP contribution in [0.15, 0.2) is 42.5 Å². The molecule has 0 atom stereocenters. The number of carbonyl (C=O) groups excluding carboxylic acids is 2. The molecule has 138 valence electrons. The van der Waals surface area contributed by atoms with Crippen molar-refractivity contribution in [1.82, 2.24) is 5.32 Å². The van der Waals surface area contributed by atoms with E-state index in [1.165, 1.54) is 0 Å². The van der Waals surface area contributed by atoms with E-state index in [0.717, 1.165) is 16.7 Å². The van der Waals surface area contributed by atoms with E-state index in [9.17, 15) is 9.59 Å². The molecular weight excluding hydrogens is 348 g/mol. The summed E-state index contributed by atoms with van der Waals surface area (Å²) < 4.78 is 0. The van der Waals surface area contributed by atoms with E-state index in [4.69, 9.17) is 11.6 Å². The summed E-state index contributed by atoms with van der Waals surface area (Å²) in [6, 6.07) is 13.2. The van der Waals surface area contributed by atoms with Gasteiger partial charge in [0.25, 0.3) is 0 Å². The number of anilines is 1. The number of halogens is 1. The number of hydrogen-bond acceptors (Lipinski definition) is 2. The van der Waals surface area contributed by atoms with Crippen LogP contribution in [0, 0.1) is 19.3 Å². The van der Waals surface area contributed by atoms with Gasteiger partial charge in [0.1, 0.15) is 5.41 Å². The molecule has 0 aromatic heterocycles. The summed E-state index contributed by atoms with van der Waals surface area (Å²) in [4.78, 5) is 25.0. The van der Waals surface area contributed by atoms with Crippen molar-refractivity contribution in [2.45, 2.75) is 34.1 Å². The van der Waals surface area contributed by atoms with Crippen molar-refractivity contribution >= 4 is 29.1 Å². The first-order valence-corrected chi connectivity index (χ1v) is 8.99. The Balaban J connectivity index is 1.93. The number of amides is 2. The number of nitrogens with one attached hydrogen (secondary N) is 2. The SMILES string of the molecule is Cc1ccc(NC(=O)C(C)(C)C(=O)NCCc2cccc(Cl)c2)cc1C. The highest BCUT2D eigenvalue weighted by atomic mass is 35.5. The fraction of sp³-hybridized carbons (Fsp3) is 0.333. The Bertz CT molecular complexity index is 815. The van der Waals surface area contributed by atoms with E-state index in [2.05, 4.69) is 10.6 Å². The molecule has 2 N–H and O–H groups in total. The van der Waals surface area contributed by atoms with Gasteiger partial charge in [-0.05, 0) is 75.1 Å². The van der Waals surface area contributed by atoms with E-state index < -0.39 is 5.41 Å². The van der Waals surface area contributed by atoms with Crippen molar-refractivity contribution < 1.29 is 9.59 Å². The molecule has 0 unspecified atom stereocenters. The molecule has 0 aliphatic rings. The van der Waals surface area contributed by atoms with Gasteiger partial charge in [0.2, 0.25) is 11.8 Å². The van der Waals surface area contributed by atoms with Gasteiger partial charge in [0.15, 0.2) is 0 Å². The van der Waals surface area contributed by atoms with Crippen LogP contribution in [0.3, 0.4) is 0 Å². The molecule has 2 aromatic carbocycles. The van der Waals surface area contributed by atoms with Crippen LogP contribution >= 0.6 is 11.6 Å². The maximum absolute atomic E-state index is 12.6. The van der Waals surface area contributed by atoms with Crippen LogP contribution in [0.1, 0.15) is 30.5 Å². The number of hydrogen-bond donors (Lipinski definition) is 2. The second kappa shape index (κ2) is 8.37. The summed E-state index contributed by atoms with van der Waals surface area (Å²) >= 11 is 5.96. The van der Waals surface area contributed by atoms with Crippen molar-refractivity contribution in [2.75, 3.05) is 11.9 Å². The van der Waals surface area contributed by atoms with Crippen LogP contribution in [0.4, 0.5) is 5.69 Å². The summed E-state index contributed by atoms with van der Waals surface area (Å²) in [6.07, 6.45) is 0.654. The van der Waals surface area contributed by atoms with Gasteiger partial charge in [-0.2, -0.15) is 0 Å². The molecule has 0 saturated carbocycles. The van der Waals surface area contributed by atoms with Crippen molar-refractivity contribution in [3.63, 3.8) is 0 Å². The highest BCUT2D eigenvalue weighted by molar-refractivity contribution is 6.30. The Kier molecular flexibility index (Phi) is 6.43. The number of aryl methyl sites for hydroxylation is 2. The lowest BCUT2D eigenvalue weighted by atomic mass is 9.90. The molecule has 2 aromatic rings.